The molecule has 0 aliphatic rings. The predicted molar refractivity (Wildman–Crippen MR) is 70.4 cm³/mol. The van der Waals surface area contributed by atoms with Crippen molar-refractivity contribution in [3.63, 3.8) is 0 Å². The van der Waals surface area contributed by atoms with Gasteiger partial charge in [0.25, 0.3) is 0 Å². The second-order valence-electron chi connectivity index (χ2n) is 4.75. The van der Waals surface area contributed by atoms with Crippen molar-refractivity contribution in [1.82, 2.24) is 0 Å². The molecule has 17 heavy (non-hydrogen) atoms. The number of ether oxygens (including phenoxy) is 1. The smallest absolute Gasteiger partial charge is 0.412 e. The molecular weight excluding hydrogens is 286 g/mol. The number of phenolic OH excluding ortho intramolecular Hbond substituents is 1. The fourth-order valence-electron chi connectivity index (χ4n) is 1.21. The van der Waals surface area contributed by atoms with E-state index in [4.69, 9.17) is 4.74 Å². The second-order valence-corrected chi connectivity index (χ2v) is 5.60. The second kappa shape index (κ2) is 4.96. The molecule has 0 bridgehead atoms. The lowest BCUT2D eigenvalue weighted by Crippen LogP contribution is -2.27. The van der Waals surface area contributed by atoms with Crippen molar-refractivity contribution in [2.24, 2.45) is 0 Å². The van der Waals surface area contributed by atoms with Crippen LogP contribution in [0.5, 0.6) is 5.75 Å². The van der Waals surface area contributed by atoms with E-state index in [1.54, 1.807) is 39.8 Å². The molecule has 1 aromatic rings. The number of benzene rings is 1. The monoisotopic (exact) mass is 301 g/mol. The van der Waals surface area contributed by atoms with E-state index in [9.17, 15) is 9.90 Å². The number of aromatic hydroxyl groups is 1. The number of phenols is 1. The van der Waals surface area contributed by atoms with Crippen molar-refractivity contribution in [3.8, 4) is 5.75 Å². The zero-order valence-electron chi connectivity index (χ0n) is 10.3. The minimum Gasteiger partial charge on any atom is -0.507 e. The molecule has 5 heteroatoms. The van der Waals surface area contributed by atoms with Crippen LogP contribution in [0.15, 0.2) is 16.6 Å². The van der Waals surface area contributed by atoms with Gasteiger partial charge >= 0.3 is 6.09 Å². The number of amides is 1. The quantitative estimate of drug-likeness (QED) is 0.776. The summed E-state index contributed by atoms with van der Waals surface area (Å²) in [5.74, 6) is 0.136. The highest BCUT2D eigenvalue weighted by Gasteiger charge is 2.17. The molecule has 0 atom stereocenters. The van der Waals surface area contributed by atoms with Crippen molar-refractivity contribution in [2.75, 3.05) is 5.32 Å². The Morgan fingerprint density at radius 2 is 2.00 bits per heavy atom. The largest absolute Gasteiger partial charge is 0.507 e. The van der Waals surface area contributed by atoms with Gasteiger partial charge in [-0.2, -0.15) is 0 Å². The number of rotatable bonds is 1. The first-order chi connectivity index (χ1) is 7.69. The number of halogens is 1. The van der Waals surface area contributed by atoms with Crippen LogP contribution >= 0.6 is 15.9 Å². The molecule has 0 aliphatic carbocycles. The van der Waals surface area contributed by atoms with Gasteiger partial charge < -0.3 is 9.84 Å². The maximum atomic E-state index is 11.6. The van der Waals surface area contributed by atoms with E-state index >= 15 is 0 Å². The Morgan fingerprint density at radius 3 is 2.53 bits per heavy atom. The Hall–Kier alpha value is -1.23. The molecular formula is C12H16BrNO3. The number of carbonyl (C=O) groups is 1. The van der Waals surface area contributed by atoms with E-state index in [0.29, 0.717) is 10.2 Å². The Morgan fingerprint density at radius 1 is 1.41 bits per heavy atom. The summed E-state index contributed by atoms with van der Waals surface area (Å²) in [5.41, 5.74) is 0.826. The predicted octanol–water partition coefficient (Wildman–Crippen LogP) is 3.81. The molecule has 0 saturated heterocycles. The summed E-state index contributed by atoms with van der Waals surface area (Å²) in [5, 5.41) is 12.1. The third kappa shape index (κ3) is 4.26. The van der Waals surface area contributed by atoms with Crippen LogP contribution < -0.4 is 5.32 Å². The number of nitrogens with one attached hydrogen (secondary N) is 1. The summed E-state index contributed by atoms with van der Waals surface area (Å²) < 4.78 is 5.66. The molecule has 1 aromatic carbocycles. The maximum absolute atomic E-state index is 11.6. The van der Waals surface area contributed by atoms with E-state index in [0.717, 1.165) is 5.56 Å². The first kappa shape index (κ1) is 13.8. The Bertz CT molecular complexity index is 438. The fourth-order valence-corrected chi connectivity index (χ4v) is 1.56. The third-order valence-electron chi connectivity index (χ3n) is 1.93. The average molecular weight is 302 g/mol. The first-order valence-corrected chi connectivity index (χ1v) is 5.97. The topological polar surface area (TPSA) is 58.6 Å². The highest BCUT2D eigenvalue weighted by molar-refractivity contribution is 9.10. The van der Waals surface area contributed by atoms with Crippen LogP contribution in [0.3, 0.4) is 0 Å². The zero-order chi connectivity index (χ0) is 13.2. The summed E-state index contributed by atoms with van der Waals surface area (Å²) in [6.07, 6.45) is -0.516. The molecule has 0 unspecified atom stereocenters. The van der Waals surface area contributed by atoms with Gasteiger partial charge in [0.05, 0.1) is 4.47 Å². The van der Waals surface area contributed by atoms with E-state index in [1.165, 1.54) is 0 Å². The van der Waals surface area contributed by atoms with Gasteiger partial charge in [0.15, 0.2) is 0 Å². The van der Waals surface area contributed by atoms with Crippen molar-refractivity contribution in [1.29, 1.82) is 0 Å². The Labute approximate surface area is 109 Å². The molecule has 0 fully saturated rings. The van der Waals surface area contributed by atoms with E-state index in [2.05, 4.69) is 21.2 Å². The molecule has 0 aliphatic heterocycles. The van der Waals surface area contributed by atoms with E-state index in [1.807, 2.05) is 0 Å². The van der Waals surface area contributed by atoms with Crippen LogP contribution in [0.2, 0.25) is 0 Å². The fraction of sp³-hybridized carbons (Fsp3) is 0.417. The summed E-state index contributed by atoms with van der Waals surface area (Å²) >= 11 is 3.19. The van der Waals surface area contributed by atoms with Crippen LogP contribution in [-0.4, -0.2) is 16.8 Å². The molecule has 4 nitrogen and oxygen atoms in total. The molecule has 1 rings (SSSR count). The van der Waals surface area contributed by atoms with Gasteiger partial charge in [-0.15, -0.1) is 0 Å². The zero-order valence-corrected chi connectivity index (χ0v) is 11.9. The van der Waals surface area contributed by atoms with Crippen LogP contribution in [0.25, 0.3) is 0 Å². The molecule has 0 spiro atoms. The highest BCUT2D eigenvalue weighted by Crippen LogP contribution is 2.30. The summed E-state index contributed by atoms with van der Waals surface area (Å²) in [6.45, 7) is 7.18. The third-order valence-corrected chi connectivity index (χ3v) is 2.56. The molecule has 1 amide bonds. The lowest BCUT2D eigenvalue weighted by atomic mass is 10.2. The highest BCUT2D eigenvalue weighted by atomic mass is 79.9. The maximum Gasteiger partial charge on any atom is 0.412 e. The van der Waals surface area contributed by atoms with Gasteiger partial charge in [-0.05, 0) is 61.3 Å². The summed E-state index contributed by atoms with van der Waals surface area (Å²) in [4.78, 5) is 11.6. The van der Waals surface area contributed by atoms with E-state index in [-0.39, 0.29) is 5.75 Å². The minimum absolute atomic E-state index is 0.136. The SMILES string of the molecule is Cc1cc(O)c(Br)cc1NC(=O)OC(C)(C)C. The van der Waals surface area contributed by atoms with Gasteiger partial charge in [-0.1, -0.05) is 0 Å². The van der Waals surface area contributed by atoms with Crippen LogP contribution in [0, 0.1) is 6.92 Å². The Kier molecular flexibility index (Phi) is 4.03. The van der Waals surface area contributed by atoms with Gasteiger partial charge in [-0.25, -0.2) is 4.79 Å². The molecule has 0 aromatic heterocycles. The van der Waals surface area contributed by atoms with Gasteiger partial charge in [0, 0.05) is 5.69 Å². The number of hydrogen-bond acceptors (Lipinski definition) is 3. The van der Waals surface area contributed by atoms with Gasteiger partial charge in [0.2, 0.25) is 0 Å². The summed E-state index contributed by atoms with van der Waals surface area (Å²) in [6, 6.07) is 3.20. The number of carbonyl (C=O) groups excluding carboxylic acids is 1. The Balaban J connectivity index is 2.82. The number of anilines is 1. The number of aryl methyl sites for hydroxylation is 1. The van der Waals surface area contributed by atoms with Crippen molar-refractivity contribution >= 4 is 27.7 Å². The normalized spacial score (nSPS) is 11.1. The molecule has 2 N–H and O–H groups in total. The van der Waals surface area contributed by atoms with Crippen LogP contribution in [-0.2, 0) is 4.74 Å². The average Bonchev–Trinajstić information content (AvgIpc) is 2.11. The standard InChI is InChI=1S/C12H16BrNO3/c1-7-5-10(15)8(13)6-9(7)14-11(16)17-12(2,3)4/h5-6,15H,1-4H3,(H,14,16). The number of hydrogen-bond donors (Lipinski definition) is 2. The molecule has 0 radical (unpaired) electrons. The van der Waals surface area contributed by atoms with Crippen molar-refractivity contribution < 1.29 is 14.6 Å². The van der Waals surface area contributed by atoms with Crippen molar-refractivity contribution in [2.45, 2.75) is 33.3 Å². The van der Waals surface area contributed by atoms with Crippen LogP contribution in [0.1, 0.15) is 26.3 Å². The van der Waals surface area contributed by atoms with Crippen LogP contribution in [0.4, 0.5) is 10.5 Å². The minimum atomic E-state index is -0.536. The molecule has 94 valence electrons. The van der Waals surface area contributed by atoms with E-state index < -0.39 is 11.7 Å². The first-order valence-electron chi connectivity index (χ1n) is 5.18. The lowest BCUT2D eigenvalue weighted by molar-refractivity contribution is 0.0636. The van der Waals surface area contributed by atoms with Gasteiger partial charge in [0.1, 0.15) is 11.4 Å². The lowest BCUT2D eigenvalue weighted by Gasteiger charge is -2.20. The molecule has 0 saturated carbocycles. The summed E-state index contributed by atoms with van der Waals surface area (Å²) in [7, 11) is 0. The van der Waals surface area contributed by atoms with Crippen molar-refractivity contribution in [3.05, 3.63) is 22.2 Å². The van der Waals surface area contributed by atoms with Gasteiger partial charge in [-0.3, -0.25) is 5.32 Å². The molecule has 0 heterocycles.